The zero-order valence-corrected chi connectivity index (χ0v) is 16.1. The van der Waals surface area contributed by atoms with Crippen molar-refractivity contribution in [3.05, 3.63) is 23.9 Å². The highest BCUT2D eigenvalue weighted by atomic mass is 127. The van der Waals surface area contributed by atoms with E-state index in [1.165, 1.54) is 0 Å². The maximum absolute atomic E-state index is 9.57. The summed E-state index contributed by atoms with van der Waals surface area (Å²) in [6.07, 6.45) is 5.33. The number of hydrogen-bond donors (Lipinski definition) is 3. The average Bonchev–Trinajstić information content (AvgIpc) is 2.55. The topological polar surface area (TPSA) is 78.8 Å². The molecule has 1 aromatic rings. The van der Waals surface area contributed by atoms with Crippen LogP contribution in [0.2, 0.25) is 0 Å². The van der Waals surface area contributed by atoms with Crippen molar-refractivity contribution < 1.29 is 9.84 Å². The number of pyridine rings is 1. The number of hydrogen-bond acceptors (Lipinski definition) is 4. The second-order valence-corrected chi connectivity index (χ2v) is 5.55. The Kier molecular flexibility index (Phi) is 9.23. The Morgan fingerprint density at radius 1 is 1.35 bits per heavy atom. The molecule has 0 aromatic carbocycles. The molecule has 0 spiro atoms. The van der Waals surface area contributed by atoms with Crippen molar-refractivity contribution in [1.82, 2.24) is 15.6 Å². The maximum atomic E-state index is 9.57. The number of ether oxygens (including phenoxy) is 1. The molecular formula is C16H27IN4O2. The van der Waals surface area contributed by atoms with Gasteiger partial charge in [0.1, 0.15) is 0 Å². The molecule has 0 radical (unpaired) electrons. The van der Waals surface area contributed by atoms with Gasteiger partial charge in [0.15, 0.2) is 5.96 Å². The molecule has 3 N–H and O–H groups in total. The van der Waals surface area contributed by atoms with Gasteiger partial charge in [0, 0.05) is 24.8 Å². The van der Waals surface area contributed by atoms with E-state index in [1.54, 1.807) is 13.3 Å². The first-order chi connectivity index (χ1) is 10.7. The number of nitrogens with one attached hydrogen (secondary N) is 2. The molecule has 1 heterocycles. The van der Waals surface area contributed by atoms with Crippen LogP contribution >= 0.6 is 24.0 Å². The Hall–Kier alpha value is -1.09. The number of rotatable bonds is 5. The van der Waals surface area contributed by atoms with E-state index in [9.17, 15) is 5.11 Å². The summed E-state index contributed by atoms with van der Waals surface area (Å²) in [5.74, 6) is 1.43. The van der Waals surface area contributed by atoms with E-state index in [4.69, 9.17) is 4.74 Å². The van der Waals surface area contributed by atoms with Crippen molar-refractivity contribution in [3.8, 4) is 5.88 Å². The van der Waals surface area contributed by atoms with E-state index in [-0.39, 0.29) is 30.1 Å². The van der Waals surface area contributed by atoms with Crippen molar-refractivity contribution in [2.75, 3.05) is 13.7 Å². The number of aliphatic hydroxyl groups is 1. The highest BCUT2D eigenvalue weighted by molar-refractivity contribution is 14.0. The lowest BCUT2D eigenvalue weighted by atomic mass is 9.93. The highest BCUT2D eigenvalue weighted by Gasteiger charge is 2.19. The van der Waals surface area contributed by atoms with Crippen LogP contribution in [0.25, 0.3) is 0 Å². The lowest BCUT2D eigenvalue weighted by Gasteiger charge is -2.27. The minimum absolute atomic E-state index is 0. The molecule has 23 heavy (non-hydrogen) atoms. The van der Waals surface area contributed by atoms with E-state index in [0.717, 1.165) is 43.8 Å². The minimum atomic E-state index is -0.136. The zero-order chi connectivity index (χ0) is 15.8. The van der Waals surface area contributed by atoms with E-state index >= 15 is 0 Å². The first-order valence-electron chi connectivity index (χ1n) is 7.93. The Bertz CT molecular complexity index is 473. The summed E-state index contributed by atoms with van der Waals surface area (Å²) >= 11 is 0. The van der Waals surface area contributed by atoms with Gasteiger partial charge in [-0.05, 0) is 38.2 Å². The molecule has 0 unspecified atom stereocenters. The number of halogens is 1. The SMILES string of the molecule is CCNC(=NCc1ccc(OC)nc1)NC1CCC(O)CC1.I. The third-order valence-electron chi connectivity index (χ3n) is 3.81. The number of aliphatic hydroxyl groups excluding tert-OH is 1. The molecule has 2 rings (SSSR count). The fourth-order valence-electron chi connectivity index (χ4n) is 2.53. The summed E-state index contributed by atoms with van der Waals surface area (Å²) < 4.78 is 5.05. The first kappa shape index (κ1) is 20.0. The van der Waals surface area contributed by atoms with Crippen LogP contribution in [-0.4, -0.2) is 41.9 Å². The van der Waals surface area contributed by atoms with E-state index in [1.807, 2.05) is 12.1 Å². The normalized spacial score (nSPS) is 21.3. The number of guanidine groups is 1. The molecule has 0 atom stereocenters. The Morgan fingerprint density at radius 3 is 2.65 bits per heavy atom. The third-order valence-corrected chi connectivity index (χ3v) is 3.81. The molecular weight excluding hydrogens is 407 g/mol. The minimum Gasteiger partial charge on any atom is -0.481 e. The fraction of sp³-hybridized carbons (Fsp3) is 0.625. The molecule has 1 saturated carbocycles. The molecule has 6 nitrogen and oxygen atoms in total. The molecule has 130 valence electrons. The summed E-state index contributed by atoms with van der Waals surface area (Å²) in [7, 11) is 1.61. The fourth-order valence-corrected chi connectivity index (χ4v) is 2.53. The average molecular weight is 434 g/mol. The molecule has 7 heteroatoms. The standard InChI is InChI=1S/C16H26N4O2.HI/c1-3-17-16(20-13-5-7-14(21)8-6-13)19-11-12-4-9-15(22-2)18-10-12;/h4,9-10,13-14,21H,3,5-8,11H2,1-2H3,(H2,17,19,20);1H. The molecule has 0 saturated heterocycles. The highest BCUT2D eigenvalue weighted by Crippen LogP contribution is 2.18. The van der Waals surface area contributed by atoms with Gasteiger partial charge in [-0.3, -0.25) is 0 Å². The predicted octanol–water partition coefficient (Wildman–Crippen LogP) is 2.07. The molecule has 1 aliphatic carbocycles. The molecule has 1 aliphatic rings. The summed E-state index contributed by atoms with van der Waals surface area (Å²) in [5, 5.41) is 16.3. The van der Waals surface area contributed by atoms with Gasteiger partial charge in [0.25, 0.3) is 0 Å². The second kappa shape index (κ2) is 10.6. The number of methoxy groups -OCH3 is 1. The van der Waals surface area contributed by atoms with Crippen LogP contribution in [0.5, 0.6) is 5.88 Å². The third kappa shape index (κ3) is 6.90. The lowest BCUT2D eigenvalue weighted by molar-refractivity contribution is 0.120. The van der Waals surface area contributed by atoms with Gasteiger partial charge in [0.2, 0.25) is 5.88 Å². The Balaban J connectivity index is 0.00000264. The van der Waals surface area contributed by atoms with Crippen LogP contribution in [0.3, 0.4) is 0 Å². The van der Waals surface area contributed by atoms with Crippen LogP contribution in [0.15, 0.2) is 23.3 Å². The quantitative estimate of drug-likeness (QED) is 0.376. The second-order valence-electron chi connectivity index (χ2n) is 5.55. The molecule has 0 amide bonds. The number of aromatic nitrogens is 1. The van der Waals surface area contributed by atoms with Gasteiger partial charge in [-0.2, -0.15) is 0 Å². The molecule has 0 aliphatic heterocycles. The van der Waals surface area contributed by atoms with Gasteiger partial charge < -0.3 is 20.5 Å². The monoisotopic (exact) mass is 434 g/mol. The van der Waals surface area contributed by atoms with Gasteiger partial charge in [-0.15, -0.1) is 24.0 Å². The van der Waals surface area contributed by atoms with E-state index in [2.05, 4.69) is 27.5 Å². The first-order valence-corrected chi connectivity index (χ1v) is 7.93. The van der Waals surface area contributed by atoms with E-state index < -0.39 is 0 Å². The van der Waals surface area contributed by atoms with Crippen molar-refractivity contribution in [2.45, 2.75) is 51.3 Å². The van der Waals surface area contributed by atoms with Gasteiger partial charge >= 0.3 is 0 Å². The summed E-state index contributed by atoms with van der Waals surface area (Å²) in [4.78, 5) is 8.79. The predicted molar refractivity (Wildman–Crippen MR) is 102 cm³/mol. The van der Waals surface area contributed by atoms with Crippen molar-refractivity contribution >= 4 is 29.9 Å². The van der Waals surface area contributed by atoms with Crippen LogP contribution < -0.4 is 15.4 Å². The summed E-state index contributed by atoms with van der Waals surface area (Å²) in [6.45, 7) is 3.44. The summed E-state index contributed by atoms with van der Waals surface area (Å²) in [6, 6.07) is 4.19. The largest absolute Gasteiger partial charge is 0.481 e. The van der Waals surface area contributed by atoms with Crippen LogP contribution in [-0.2, 0) is 6.54 Å². The lowest BCUT2D eigenvalue weighted by Crippen LogP contribution is -2.45. The van der Waals surface area contributed by atoms with Gasteiger partial charge in [-0.1, -0.05) is 6.07 Å². The Labute approximate surface area is 155 Å². The number of nitrogens with zero attached hydrogens (tertiary/aromatic N) is 2. The van der Waals surface area contributed by atoms with Gasteiger partial charge in [-0.25, -0.2) is 9.98 Å². The van der Waals surface area contributed by atoms with E-state index in [0.29, 0.717) is 18.5 Å². The van der Waals surface area contributed by atoms with Crippen LogP contribution in [0.4, 0.5) is 0 Å². The van der Waals surface area contributed by atoms with Crippen molar-refractivity contribution in [1.29, 1.82) is 0 Å². The van der Waals surface area contributed by atoms with Gasteiger partial charge in [0.05, 0.1) is 19.8 Å². The van der Waals surface area contributed by atoms with Crippen LogP contribution in [0, 0.1) is 0 Å². The maximum Gasteiger partial charge on any atom is 0.212 e. The molecule has 1 aromatic heterocycles. The summed E-state index contributed by atoms with van der Waals surface area (Å²) in [5.41, 5.74) is 1.04. The van der Waals surface area contributed by atoms with Crippen molar-refractivity contribution in [2.24, 2.45) is 4.99 Å². The Morgan fingerprint density at radius 2 is 2.09 bits per heavy atom. The van der Waals surface area contributed by atoms with Crippen LogP contribution in [0.1, 0.15) is 38.2 Å². The molecule has 1 fully saturated rings. The number of aliphatic imine (C=N–C) groups is 1. The molecule has 0 bridgehead atoms. The smallest absolute Gasteiger partial charge is 0.212 e. The van der Waals surface area contributed by atoms with Crippen molar-refractivity contribution in [3.63, 3.8) is 0 Å². The zero-order valence-electron chi connectivity index (χ0n) is 13.8.